The molecule has 2 unspecified atom stereocenters. The minimum atomic E-state index is -4.45. The zero-order valence-corrected chi connectivity index (χ0v) is 40.3. The van der Waals surface area contributed by atoms with E-state index in [1.807, 2.05) is 39.4 Å². The predicted octanol–water partition coefficient (Wildman–Crippen LogP) is 11.6. The molecule has 0 amide bonds. The van der Waals surface area contributed by atoms with Crippen LogP contribution in [-0.2, 0) is 45.5 Å². The Labute approximate surface area is 375 Å². The van der Waals surface area contributed by atoms with Gasteiger partial charge < -0.3 is 28.4 Å². The van der Waals surface area contributed by atoms with Crippen molar-refractivity contribution in [1.29, 1.82) is 0 Å². The summed E-state index contributed by atoms with van der Waals surface area (Å²) in [6.07, 6.45) is 38.2. The van der Waals surface area contributed by atoms with Crippen molar-refractivity contribution in [1.82, 2.24) is 0 Å². The number of unbranched alkanes of at least 4 members (excludes halogenated alkanes) is 7. The van der Waals surface area contributed by atoms with E-state index in [0.29, 0.717) is 30.3 Å². The van der Waals surface area contributed by atoms with Gasteiger partial charge in [0.1, 0.15) is 31.3 Å². The number of carbonyl (C=O) groups excluding carboxylic acids is 2. The maximum atomic E-state index is 12.7. The van der Waals surface area contributed by atoms with Crippen molar-refractivity contribution >= 4 is 19.8 Å². The molecule has 0 aromatic carbocycles. The smallest absolute Gasteiger partial charge is 0.466 e. The Bertz CT molecular complexity index is 1580. The molecule has 11 nitrogen and oxygen atoms in total. The van der Waals surface area contributed by atoms with Crippen LogP contribution in [0.15, 0.2) is 77.3 Å². The van der Waals surface area contributed by atoms with Crippen molar-refractivity contribution in [2.45, 2.75) is 162 Å². The zero-order valence-electron chi connectivity index (χ0n) is 39.4. The second kappa shape index (κ2) is 35.1. The summed E-state index contributed by atoms with van der Waals surface area (Å²) in [5, 5.41) is 10.3. The summed E-state index contributed by atoms with van der Waals surface area (Å²) in [4.78, 5) is 35.6. The fourth-order valence-electron chi connectivity index (χ4n) is 6.12. The first kappa shape index (κ1) is 56.7. The highest BCUT2D eigenvalue weighted by Gasteiger charge is 2.27. The first-order chi connectivity index (χ1) is 29.7. The fourth-order valence-corrected chi connectivity index (χ4v) is 6.87. The van der Waals surface area contributed by atoms with Gasteiger partial charge in [0.05, 0.1) is 33.9 Å². The lowest BCUT2D eigenvalue weighted by atomic mass is 10.0. The van der Waals surface area contributed by atoms with Gasteiger partial charge in [0, 0.05) is 25.7 Å². The van der Waals surface area contributed by atoms with Crippen LogP contribution in [0, 0.1) is 13.8 Å². The van der Waals surface area contributed by atoms with E-state index in [1.54, 1.807) is 18.2 Å². The molecule has 62 heavy (non-hydrogen) atoms. The molecule has 1 rings (SSSR count). The van der Waals surface area contributed by atoms with Gasteiger partial charge >= 0.3 is 19.8 Å². The molecule has 0 aliphatic carbocycles. The molecule has 0 bridgehead atoms. The molecule has 1 aromatic rings. The molecule has 3 atom stereocenters. The van der Waals surface area contributed by atoms with E-state index in [0.717, 1.165) is 82.1 Å². The first-order valence-electron chi connectivity index (χ1n) is 23.1. The van der Waals surface area contributed by atoms with E-state index in [9.17, 15) is 24.2 Å². The predicted molar refractivity (Wildman–Crippen MR) is 252 cm³/mol. The van der Waals surface area contributed by atoms with Gasteiger partial charge in [-0.05, 0) is 82.8 Å². The van der Waals surface area contributed by atoms with Crippen LogP contribution in [-0.4, -0.2) is 86.1 Å². The van der Waals surface area contributed by atoms with Gasteiger partial charge in [0.2, 0.25) is 0 Å². The van der Waals surface area contributed by atoms with E-state index < -0.39 is 38.6 Å². The third-order valence-corrected chi connectivity index (χ3v) is 11.0. The molecule has 0 fully saturated rings. The van der Waals surface area contributed by atoms with E-state index in [2.05, 4.69) is 64.2 Å². The Hall–Kier alpha value is -3.31. The summed E-state index contributed by atoms with van der Waals surface area (Å²) in [5.41, 5.74) is 2.59. The average Bonchev–Trinajstić information content (AvgIpc) is 3.48. The first-order valence-corrected chi connectivity index (χ1v) is 24.6. The number of esters is 2. The standard InChI is InChI=1S/C50H82NO10P/c1-8-10-12-13-14-15-16-17-18-19-20-23-28-33-45(52)34-29-26-32-38-50(54)60-46(42-59-62(55,56)58-40-39-51(5,6)7)41-57-49(53)37-31-25-22-21-24-30-36-48-44(4)43(3)47(61-48)35-27-11-9-2/h10,12,14-15,17-18,20,23,26,28-29,33,45-46,52H,8-9,11,13,16,19,21-22,24-25,27,30-32,34-42H2,1-7H3/p+1/b12-10-,15-14-,18-17-,23-20-,29-26-,33-28-/t45?,46-/m1/s1. The monoisotopic (exact) mass is 889 g/mol. The highest BCUT2D eigenvalue weighted by molar-refractivity contribution is 7.47. The van der Waals surface area contributed by atoms with E-state index >= 15 is 0 Å². The van der Waals surface area contributed by atoms with Crippen molar-refractivity contribution in [3.63, 3.8) is 0 Å². The second-order valence-corrected chi connectivity index (χ2v) is 18.3. The summed E-state index contributed by atoms with van der Waals surface area (Å²) in [5.74, 6) is 1.24. The maximum absolute atomic E-state index is 12.7. The normalized spacial score (nSPS) is 14.7. The number of aliphatic hydroxyl groups excluding tert-OH is 1. The van der Waals surface area contributed by atoms with Gasteiger partial charge in [-0.25, -0.2) is 4.57 Å². The van der Waals surface area contributed by atoms with Crippen molar-refractivity contribution < 1.29 is 51.6 Å². The second-order valence-electron chi connectivity index (χ2n) is 16.8. The van der Waals surface area contributed by atoms with Crippen molar-refractivity contribution in [2.24, 2.45) is 0 Å². The molecular formula is C50H83NO10P+. The molecule has 2 N–H and O–H groups in total. The molecule has 1 aromatic heterocycles. The van der Waals surface area contributed by atoms with Gasteiger partial charge in [0.25, 0.3) is 0 Å². The van der Waals surface area contributed by atoms with E-state index in [1.165, 1.54) is 30.4 Å². The van der Waals surface area contributed by atoms with Crippen molar-refractivity contribution in [3.05, 3.63) is 95.6 Å². The summed E-state index contributed by atoms with van der Waals surface area (Å²) in [7, 11) is 1.33. The molecular weight excluding hydrogens is 806 g/mol. The third-order valence-electron chi connectivity index (χ3n) is 10.0. The number of ether oxygens (including phenoxy) is 2. The molecule has 0 aliphatic rings. The lowest BCUT2D eigenvalue weighted by molar-refractivity contribution is -0.870. The summed E-state index contributed by atoms with van der Waals surface area (Å²) in [6, 6.07) is 0. The van der Waals surface area contributed by atoms with Crippen LogP contribution in [0.3, 0.4) is 0 Å². The quantitative estimate of drug-likeness (QED) is 0.0166. The average molecular weight is 889 g/mol. The molecule has 0 saturated heterocycles. The summed E-state index contributed by atoms with van der Waals surface area (Å²) in [6.45, 7) is 8.32. The number of carbonyl (C=O) groups is 2. The molecule has 0 saturated carbocycles. The van der Waals surface area contributed by atoms with Gasteiger partial charge in [0.15, 0.2) is 6.10 Å². The van der Waals surface area contributed by atoms with Crippen LogP contribution < -0.4 is 0 Å². The molecule has 1 heterocycles. The minimum absolute atomic E-state index is 0.0125. The Morgan fingerprint density at radius 1 is 0.710 bits per heavy atom. The lowest BCUT2D eigenvalue weighted by Gasteiger charge is -2.24. The Morgan fingerprint density at radius 2 is 1.31 bits per heavy atom. The number of furan rings is 1. The number of quaternary nitrogens is 1. The third kappa shape index (κ3) is 31.5. The molecule has 0 radical (unpaired) electrons. The lowest BCUT2D eigenvalue weighted by Crippen LogP contribution is -2.37. The molecule has 12 heteroatoms. The number of rotatable bonds is 37. The number of hydrogen-bond acceptors (Lipinski definition) is 9. The Balaban J connectivity index is 2.47. The number of aliphatic hydroxyl groups is 1. The van der Waals surface area contributed by atoms with E-state index in [-0.39, 0.29) is 26.1 Å². The number of allylic oxidation sites excluding steroid dienone is 10. The topological polar surface area (TPSA) is 142 Å². The van der Waals surface area contributed by atoms with Crippen LogP contribution in [0.4, 0.5) is 0 Å². The van der Waals surface area contributed by atoms with Gasteiger partial charge in [-0.2, -0.15) is 0 Å². The number of nitrogens with zero attached hydrogens (tertiary/aromatic N) is 1. The number of likely N-dealkylation sites (N-methyl/N-ethyl adjacent to an activating group) is 1. The Kier molecular flexibility index (Phi) is 32.1. The van der Waals surface area contributed by atoms with Crippen LogP contribution in [0.1, 0.15) is 146 Å². The molecule has 0 aliphatic heterocycles. The number of phosphoric acid groups is 1. The molecule has 0 spiro atoms. The summed E-state index contributed by atoms with van der Waals surface area (Å²) >= 11 is 0. The summed E-state index contributed by atoms with van der Waals surface area (Å²) < 4.78 is 40.4. The van der Waals surface area contributed by atoms with E-state index in [4.69, 9.17) is 22.9 Å². The largest absolute Gasteiger partial charge is 0.472 e. The Morgan fingerprint density at radius 3 is 1.94 bits per heavy atom. The van der Waals surface area contributed by atoms with Crippen LogP contribution in [0.25, 0.3) is 0 Å². The number of aryl methyl sites for hydroxylation is 2. The van der Waals surface area contributed by atoms with Crippen molar-refractivity contribution in [2.75, 3.05) is 47.5 Å². The van der Waals surface area contributed by atoms with Gasteiger partial charge in [-0.15, -0.1) is 0 Å². The van der Waals surface area contributed by atoms with Crippen LogP contribution in [0.5, 0.6) is 0 Å². The number of hydrogen-bond donors (Lipinski definition) is 2. The highest BCUT2D eigenvalue weighted by atomic mass is 31.2. The maximum Gasteiger partial charge on any atom is 0.472 e. The van der Waals surface area contributed by atoms with Crippen LogP contribution in [0.2, 0.25) is 0 Å². The van der Waals surface area contributed by atoms with Crippen LogP contribution >= 0.6 is 7.82 Å². The minimum Gasteiger partial charge on any atom is -0.466 e. The number of phosphoric ester groups is 1. The molecule has 352 valence electrons. The fraction of sp³-hybridized carbons (Fsp3) is 0.640. The SMILES string of the molecule is CC/C=C\C/C=C\C/C=C\C/C=C\C=C/C(O)C/C=C\CCC(=O)O[C@H](COC(=O)CCCCCCCCc1oc(CCCCC)c(C)c1C)COP(=O)(O)OCC[N+](C)(C)C. The van der Waals surface area contributed by atoms with Crippen molar-refractivity contribution in [3.8, 4) is 0 Å². The van der Waals surface area contributed by atoms with Gasteiger partial charge in [-0.3, -0.25) is 18.6 Å². The zero-order chi connectivity index (χ0) is 45.9. The van der Waals surface area contributed by atoms with Gasteiger partial charge in [-0.1, -0.05) is 125 Å². The highest BCUT2D eigenvalue weighted by Crippen LogP contribution is 2.43.